The third kappa shape index (κ3) is 5.60. The average molecular weight is 499 g/mol. The van der Waals surface area contributed by atoms with Gasteiger partial charge in [0.05, 0.1) is 26.0 Å². The number of rotatable bonds is 6. The summed E-state index contributed by atoms with van der Waals surface area (Å²) in [4.78, 5) is 6.94. The van der Waals surface area contributed by atoms with E-state index in [1.54, 1.807) is 7.11 Å². The third-order valence-corrected chi connectivity index (χ3v) is 4.91. The summed E-state index contributed by atoms with van der Waals surface area (Å²) in [5, 5.41) is 18.1. The van der Waals surface area contributed by atoms with Gasteiger partial charge in [0.2, 0.25) is 0 Å². The Kier molecular flexibility index (Phi) is 8.56. The Labute approximate surface area is 183 Å². The lowest BCUT2D eigenvalue weighted by Crippen LogP contribution is -2.40. The molecule has 0 saturated carbocycles. The van der Waals surface area contributed by atoms with E-state index in [1.165, 1.54) is 5.56 Å². The van der Waals surface area contributed by atoms with Crippen molar-refractivity contribution in [2.24, 2.45) is 12.0 Å². The zero-order chi connectivity index (χ0) is 19.2. The van der Waals surface area contributed by atoms with Crippen molar-refractivity contribution in [1.29, 1.82) is 0 Å². The lowest BCUT2D eigenvalue weighted by Gasteiger charge is -2.22. The topological polar surface area (TPSA) is 74.9 Å². The quantitative estimate of drug-likeness (QED) is 0.363. The molecule has 0 aliphatic carbocycles. The van der Waals surface area contributed by atoms with Gasteiger partial charge in [0.1, 0.15) is 5.75 Å². The van der Waals surface area contributed by atoms with Gasteiger partial charge in [-0.3, -0.25) is 9.67 Å². The number of nitrogens with zero attached hydrogens (tertiary/aromatic N) is 4. The number of aliphatic hydroxyl groups excluding tert-OH is 1. The highest BCUT2D eigenvalue weighted by molar-refractivity contribution is 14.0. The summed E-state index contributed by atoms with van der Waals surface area (Å²) in [6.45, 7) is 5.02. The van der Waals surface area contributed by atoms with Crippen LogP contribution in [0.15, 0.2) is 41.7 Å². The molecule has 1 fully saturated rings. The van der Waals surface area contributed by atoms with Gasteiger partial charge in [-0.1, -0.05) is 12.1 Å². The van der Waals surface area contributed by atoms with E-state index in [0.29, 0.717) is 12.5 Å². The second kappa shape index (κ2) is 10.7. The van der Waals surface area contributed by atoms with Crippen LogP contribution in [0.5, 0.6) is 5.75 Å². The highest BCUT2D eigenvalue weighted by Gasteiger charge is 2.27. The van der Waals surface area contributed by atoms with Gasteiger partial charge in [-0.05, 0) is 36.6 Å². The van der Waals surface area contributed by atoms with Crippen LogP contribution < -0.4 is 10.1 Å². The lowest BCUT2D eigenvalue weighted by molar-refractivity contribution is 0.186. The first-order valence-electron chi connectivity index (χ1n) is 9.44. The number of ether oxygens (including phenoxy) is 1. The number of halogens is 1. The Balaban J connectivity index is 0.00000280. The first-order chi connectivity index (χ1) is 13.1. The van der Waals surface area contributed by atoms with Crippen molar-refractivity contribution in [3.05, 3.63) is 47.8 Å². The summed E-state index contributed by atoms with van der Waals surface area (Å²) in [6.07, 6.45) is 4.45. The first kappa shape index (κ1) is 22.5. The van der Waals surface area contributed by atoms with E-state index in [9.17, 15) is 5.11 Å². The molecular formula is C20H30IN5O2. The molecular weight excluding hydrogens is 469 g/mol. The highest BCUT2D eigenvalue weighted by Crippen LogP contribution is 2.27. The predicted molar refractivity (Wildman–Crippen MR) is 121 cm³/mol. The fourth-order valence-electron chi connectivity index (χ4n) is 3.43. The van der Waals surface area contributed by atoms with Crippen LogP contribution in [0.2, 0.25) is 0 Å². The maximum Gasteiger partial charge on any atom is 0.194 e. The van der Waals surface area contributed by atoms with Crippen molar-refractivity contribution in [3.8, 4) is 5.75 Å². The minimum absolute atomic E-state index is 0. The number of benzene rings is 1. The van der Waals surface area contributed by atoms with Gasteiger partial charge in [0, 0.05) is 38.8 Å². The van der Waals surface area contributed by atoms with Crippen LogP contribution in [0.1, 0.15) is 36.5 Å². The number of aliphatic imine (C=N–C) groups is 1. The van der Waals surface area contributed by atoms with Crippen molar-refractivity contribution in [2.75, 3.05) is 33.3 Å². The fraction of sp³-hybridized carbons (Fsp3) is 0.500. The van der Waals surface area contributed by atoms with E-state index >= 15 is 0 Å². The van der Waals surface area contributed by atoms with Crippen molar-refractivity contribution in [2.45, 2.75) is 25.4 Å². The van der Waals surface area contributed by atoms with Crippen molar-refractivity contribution >= 4 is 29.9 Å². The molecule has 0 spiro atoms. The number of aryl methyl sites for hydroxylation is 1. The lowest BCUT2D eigenvalue weighted by atomic mass is 10.0. The molecule has 0 amide bonds. The number of aromatic nitrogens is 2. The Morgan fingerprint density at radius 2 is 2.29 bits per heavy atom. The van der Waals surface area contributed by atoms with Crippen LogP contribution in [0.4, 0.5) is 0 Å². The molecule has 28 heavy (non-hydrogen) atoms. The molecule has 3 rings (SSSR count). The van der Waals surface area contributed by atoms with Gasteiger partial charge >= 0.3 is 0 Å². The molecule has 2 unspecified atom stereocenters. The Morgan fingerprint density at radius 3 is 2.96 bits per heavy atom. The normalized spacial score (nSPS) is 17.9. The van der Waals surface area contributed by atoms with E-state index in [-0.39, 0.29) is 24.0 Å². The Hall–Kier alpha value is -1.81. The largest absolute Gasteiger partial charge is 0.497 e. The molecule has 2 heterocycles. The molecule has 2 aromatic rings. The van der Waals surface area contributed by atoms with Crippen LogP contribution in [-0.2, 0) is 7.05 Å². The van der Waals surface area contributed by atoms with Crippen LogP contribution >= 0.6 is 24.0 Å². The van der Waals surface area contributed by atoms with Gasteiger partial charge in [-0.25, -0.2) is 0 Å². The molecule has 1 saturated heterocycles. The van der Waals surface area contributed by atoms with Crippen LogP contribution in [0.25, 0.3) is 0 Å². The zero-order valence-electron chi connectivity index (χ0n) is 16.7. The first-order valence-corrected chi connectivity index (χ1v) is 9.44. The number of likely N-dealkylation sites (tertiary alicyclic amines) is 1. The van der Waals surface area contributed by atoms with Gasteiger partial charge in [0.25, 0.3) is 0 Å². The Morgan fingerprint density at radius 1 is 1.46 bits per heavy atom. The molecule has 2 N–H and O–H groups in total. The van der Waals surface area contributed by atoms with E-state index in [0.717, 1.165) is 43.3 Å². The maximum absolute atomic E-state index is 10.5. The summed E-state index contributed by atoms with van der Waals surface area (Å²) in [7, 11) is 3.57. The summed E-state index contributed by atoms with van der Waals surface area (Å²) < 4.78 is 7.08. The van der Waals surface area contributed by atoms with Gasteiger partial charge in [-0.15, -0.1) is 24.0 Å². The predicted octanol–water partition coefficient (Wildman–Crippen LogP) is 2.54. The highest BCUT2D eigenvalue weighted by atomic mass is 127. The molecule has 1 aromatic carbocycles. The van der Waals surface area contributed by atoms with E-state index in [4.69, 9.17) is 4.74 Å². The standard InChI is InChI=1S/C20H29N5O2.HI/c1-4-21-20(22-12-19(26)15-6-5-7-18(10-15)27-3)25-9-8-16(14-25)17-11-23-24(2)13-17;/h5-7,10-11,13,16,19,26H,4,8-9,12,14H2,1-3H3,(H,21,22);1H. The third-order valence-electron chi connectivity index (χ3n) is 4.91. The fourth-order valence-corrected chi connectivity index (χ4v) is 3.43. The monoisotopic (exact) mass is 499 g/mol. The van der Waals surface area contributed by atoms with Crippen molar-refractivity contribution in [3.63, 3.8) is 0 Å². The van der Waals surface area contributed by atoms with Crippen molar-refractivity contribution in [1.82, 2.24) is 20.0 Å². The summed E-state index contributed by atoms with van der Waals surface area (Å²) in [5.74, 6) is 2.05. The number of nitrogens with one attached hydrogen (secondary N) is 1. The number of hydrogen-bond acceptors (Lipinski definition) is 4. The van der Waals surface area contributed by atoms with Crippen LogP contribution in [0, 0.1) is 0 Å². The molecule has 7 nitrogen and oxygen atoms in total. The molecule has 8 heteroatoms. The van der Waals surface area contributed by atoms with E-state index in [2.05, 4.69) is 33.4 Å². The molecule has 1 aliphatic rings. The number of hydrogen-bond donors (Lipinski definition) is 2. The minimum Gasteiger partial charge on any atom is -0.497 e. The van der Waals surface area contributed by atoms with Crippen LogP contribution in [-0.4, -0.2) is 59.0 Å². The summed E-state index contributed by atoms with van der Waals surface area (Å²) >= 11 is 0. The second-order valence-electron chi connectivity index (χ2n) is 6.87. The summed E-state index contributed by atoms with van der Waals surface area (Å²) in [5.41, 5.74) is 2.08. The maximum atomic E-state index is 10.5. The SMILES string of the molecule is CCNC(=NCC(O)c1cccc(OC)c1)N1CCC(c2cnn(C)c2)C1.I. The van der Waals surface area contributed by atoms with Crippen LogP contribution in [0.3, 0.4) is 0 Å². The number of methoxy groups -OCH3 is 1. The second-order valence-corrected chi connectivity index (χ2v) is 6.87. The molecule has 1 aliphatic heterocycles. The van der Waals surface area contributed by atoms with E-state index < -0.39 is 6.10 Å². The van der Waals surface area contributed by atoms with Gasteiger partial charge in [0.15, 0.2) is 5.96 Å². The summed E-state index contributed by atoms with van der Waals surface area (Å²) in [6, 6.07) is 7.49. The molecule has 0 bridgehead atoms. The minimum atomic E-state index is -0.662. The van der Waals surface area contributed by atoms with Crippen molar-refractivity contribution < 1.29 is 9.84 Å². The molecule has 2 atom stereocenters. The molecule has 154 valence electrons. The van der Waals surface area contributed by atoms with E-state index in [1.807, 2.05) is 42.2 Å². The Bertz CT molecular complexity index is 779. The average Bonchev–Trinajstić information content (AvgIpc) is 3.34. The van der Waals surface area contributed by atoms with Gasteiger partial charge in [-0.2, -0.15) is 5.10 Å². The molecule has 1 aromatic heterocycles. The number of aliphatic hydroxyl groups is 1. The smallest absolute Gasteiger partial charge is 0.194 e. The zero-order valence-corrected chi connectivity index (χ0v) is 19.0. The number of guanidine groups is 1. The molecule has 0 radical (unpaired) electrons. The van der Waals surface area contributed by atoms with Gasteiger partial charge < -0.3 is 20.1 Å².